The number of nitrogens with zero attached hydrogens (tertiary/aromatic N) is 2. The summed E-state index contributed by atoms with van der Waals surface area (Å²) >= 11 is 3.42. The van der Waals surface area contributed by atoms with Crippen molar-refractivity contribution < 1.29 is 9.53 Å². The van der Waals surface area contributed by atoms with Crippen LogP contribution >= 0.6 is 15.9 Å². The summed E-state index contributed by atoms with van der Waals surface area (Å²) in [6.45, 7) is 4.27. The van der Waals surface area contributed by atoms with Gasteiger partial charge in [0.15, 0.2) is 0 Å². The van der Waals surface area contributed by atoms with Gasteiger partial charge in [-0.3, -0.25) is 14.8 Å². The summed E-state index contributed by atoms with van der Waals surface area (Å²) in [6, 6.07) is 17.5. The Morgan fingerprint density at radius 1 is 1.14 bits per heavy atom. The molecule has 1 fully saturated rings. The molecular formula is C21H21BrN4O2. The minimum absolute atomic E-state index is 0.209. The maximum Gasteiger partial charge on any atom is 0.273 e. The van der Waals surface area contributed by atoms with E-state index in [1.165, 1.54) is 5.56 Å². The van der Waals surface area contributed by atoms with Crippen molar-refractivity contribution in [1.82, 2.24) is 15.1 Å². The van der Waals surface area contributed by atoms with Gasteiger partial charge in [-0.05, 0) is 35.9 Å². The van der Waals surface area contributed by atoms with Crippen molar-refractivity contribution in [2.24, 2.45) is 0 Å². The van der Waals surface area contributed by atoms with Crippen LogP contribution in [-0.4, -0.2) is 47.3 Å². The van der Waals surface area contributed by atoms with Crippen LogP contribution in [0.2, 0.25) is 0 Å². The minimum Gasteiger partial charge on any atom is -0.379 e. The first-order valence-electron chi connectivity index (χ1n) is 9.19. The third-order valence-corrected chi connectivity index (χ3v) is 5.19. The number of aromatic amines is 1. The molecule has 28 heavy (non-hydrogen) atoms. The Bertz CT molecular complexity index is 949. The van der Waals surface area contributed by atoms with Gasteiger partial charge in [-0.25, -0.2) is 0 Å². The number of rotatable bonds is 5. The third-order valence-electron chi connectivity index (χ3n) is 4.66. The second-order valence-electron chi connectivity index (χ2n) is 6.72. The van der Waals surface area contributed by atoms with Crippen LogP contribution in [0.3, 0.4) is 0 Å². The molecular weight excluding hydrogens is 420 g/mol. The van der Waals surface area contributed by atoms with E-state index in [-0.39, 0.29) is 5.91 Å². The van der Waals surface area contributed by atoms with E-state index in [2.05, 4.69) is 42.4 Å². The van der Waals surface area contributed by atoms with Gasteiger partial charge in [0, 0.05) is 35.4 Å². The lowest BCUT2D eigenvalue weighted by Crippen LogP contribution is -2.35. The van der Waals surface area contributed by atoms with Gasteiger partial charge >= 0.3 is 0 Å². The van der Waals surface area contributed by atoms with E-state index in [4.69, 9.17) is 4.74 Å². The average molecular weight is 441 g/mol. The normalized spacial score (nSPS) is 14.8. The fourth-order valence-corrected chi connectivity index (χ4v) is 3.43. The number of H-pyrrole nitrogens is 1. The van der Waals surface area contributed by atoms with E-state index in [1.807, 2.05) is 42.5 Å². The Balaban J connectivity index is 1.42. The number of ether oxygens (including phenoxy) is 1. The number of carbonyl (C=O) groups is 1. The lowest BCUT2D eigenvalue weighted by Gasteiger charge is -2.26. The van der Waals surface area contributed by atoms with Gasteiger partial charge in [-0.1, -0.05) is 40.2 Å². The van der Waals surface area contributed by atoms with Crippen LogP contribution in [0.4, 0.5) is 5.69 Å². The molecule has 1 saturated heterocycles. The number of morpholine rings is 1. The van der Waals surface area contributed by atoms with Crippen molar-refractivity contribution in [3.05, 3.63) is 70.3 Å². The summed E-state index contributed by atoms with van der Waals surface area (Å²) < 4.78 is 6.39. The molecule has 1 aromatic heterocycles. The molecule has 1 aliphatic heterocycles. The van der Waals surface area contributed by atoms with Gasteiger partial charge in [0.25, 0.3) is 5.91 Å². The highest BCUT2D eigenvalue weighted by atomic mass is 79.9. The van der Waals surface area contributed by atoms with Crippen LogP contribution in [0.15, 0.2) is 59.1 Å². The molecule has 2 heterocycles. The fraction of sp³-hybridized carbons (Fsp3) is 0.238. The lowest BCUT2D eigenvalue weighted by molar-refractivity contribution is 0.0342. The Hall–Kier alpha value is -2.48. The topological polar surface area (TPSA) is 70.2 Å². The number of hydrogen-bond acceptors (Lipinski definition) is 4. The summed E-state index contributed by atoms with van der Waals surface area (Å²) in [5.41, 5.74) is 4.05. The van der Waals surface area contributed by atoms with Crippen molar-refractivity contribution in [3.63, 3.8) is 0 Å². The first kappa shape index (κ1) is 18.9. The quantitative estimate of drug-likeness (QED) is 0.630. The highest BCUT2D eigenvalue weighted by molar-refractivity contribution is 9.10. The molecule has 7 heteroatoms. The van der Waals surface area contributed by atoms with Crippen molar-refractivity contribution >= 4 is 27.5 Å². The monoisotopic (exact) mass is 440 g/mol. The van der Waals surface area contributed by atoms with Crippen LogP contribution in [0.1, 0.15) is 16.1 Å². The zero-order valence-corrected chi connectivity index (χ0v) is 16.9. The molecule has 0 radical (unpaired) electrons. The van der Waals surface area contributed by atoms with E-state index >= 15 is 0 Å². The van der Waals surface area contributed by atoms with E-state index in [1.54, 1.807) is 6.07 Å². The van der Waals surface area contributed by atoms with Gasteiger partial charge in [0.2, 0.25) is 0 Å². The molecule has 0 unspecified atom stereocenters. The Kier molecular flexibility index (Phi) is 5.85. The first-order chi connectivity index (χ1) is 13.7. The molecule has 6 nitrogen and oxygen atoms in total. The summed E-state index contributed by atoms with van der Waals surface area (Å²) in [4.78, 5) is 14.9. The van der Waals surface area contributed by atoms with Crippen molar-refractivity contribution in [2.75, 3.05) is 31.6 Å². The number of nitrogens with one attached hydrogen (secondary N) is 2. The molecule has 1 amide bonds. The number of anilines is 1. The first-order valence-corrected chi connectivity index (χ1v) is 9.98. The second-order valence-corrected chi connectivity index (χ2v) is 7.63. The van der Waals surface area contributed by atoms with Crippen LogP contribution in [-0.2, 0) is 11.3 Å². The zero-order valence-electron chi connectivity index (χ0n) is 15.3. The molecule has 2 aromatic carbocycles. The Morgan fingerprint density at radius 3 is 2.71 bits per heavy atom. The third kappa shape index (κ3) is 4.67. The van der Waals surface area contributed by atoms with Gasteiger partial charge in [-0.15, -0.1) is 0 Å². The Morgan fingerprint density at radius 2 is 1.93 bits per heavy atom. The molecule has 144 valence electrons. The largest absolute Gasteiger partial charge is 0.379 e. The van der Waals surface area contributed by atoms with E-state index in [0.29, 0.717) is 5.69 Å². The van der Waals surface area contributed by atoms with Crippen molar-refractivity contribution in [2.45, 2.75) is 6.54 Å². The summed E-state index contributed by atoms with van der Waals surface area (Å²) in [7, 11) is 0. The standard InChI is InChI=1S/C21H21BrN4O2/c22-17-6-4-16(5-7-17)19-13-20(25-24-19)21(27)23-18-3-1-2-15(12-18)14-26-8-10-28-11-9-26/h1-7,12-13H,8-11,14H2,(H,23,27)(H,24,25). The summed E-state index contributed by atoms with van der Waals surface area (Å²) in [6.07, 6.45) is 0. The summed E-state index contributed by atoms with van der Waals surface area (Å²) in [5.74, 6) is -0.209. The molecule has 0 bridgehead atoms. The van der Waals surface area contributed by atoms with Gasteiger partial charge in [-0.2, -0.15) is 5.10 Å². The highest BCUT2D eigenvalue weighted by Crippen LogP contribution is 2.21. The van der Waals surface area contributed by atoms with E-state index in [0.717, 1.165) is 54.3 Å². The van der Waals surface area contributed by atoms with E-state index in [9.17, 15) is 4.79 Å². The van der Waals surface area contributed by atoms with Crippen molar-refractivity contribution in [3.8, 4) is 11.3 Å². The van der Waals surface area contributed by atoms with Crippen LogP contribution < -0.4 is 5.32 Å². The molecule has 1 aliphatic rings. The molecule has 4 rings (SSSR count). The maximum atomic E-state index is 12.6. The van der Waals surface area contributed by atoms with Crippen LogP contribution in [0.25, 0.3) is 11.3 Å². The number of benzene rings is 2. The summed E-state index contributed by atoms with van der Waals surface area (Å²) in [5, 5.41) is 10.0. The molecule has 0 atom stereocenters. The fourth-order valence-electron chi connectivity index (χ4n) is 3.17. The molecule has 0 spiro atoms. The van der Waals surface area contributed by atoms with E-state index < -0.39 is 0 Å². The lowest BCUT2D eigenvalue weighted by atomic mass is 10.1. The van der Waals surface area contributed by atoms with Gasteiger partial charge in [0.1, 0.15) is 5.69 Å². The number of amides is 1. The zero-order chi connectivity index (χ0) is 19.3. The number of hydrogen-bond donors (Lipinski definition) is 2. The second kappa shape index (κ2) is 8.68. The predicted octanol–water partition coefficient (Wildman–Crippen LogP) is 3.92. The number of aromatic nitrogens is 2. The number of carbonyl (C=O) groups excluding carboxylic acids is 1. The van der Waals surface area contributed by atoms with Crippen LogP contribution in [0.5, 0.6) is 0 Å². The molecule has 2 N–H and O–H groups in total. The maximum absolute atomic E-state index is 12.6. The average Bonchev–Trinajstić information content (AvgIpc) is 3.20. The Labute approximate surface area is 172 Å². The predicted molar refractivity (Wildman–Crippen MR) is 112 cm³/mol. The minimum atomic E-state index is -0.209. The molecule has 0 aliphatic carbocycles. The van der Waals surface area contributed by atoms with Gasteiger partial charge in [0.05, 0.1) is 18.9 Å². The molecule has 3 aromatic rings. The van der Waals surface area contributed by atoms with Gasteiger partial charge < -0.3 is 10.1 Å². The molecule has 0 saturated carbocycles. The van der Waals surface area contributed by atoms with Crippen LogP contribution in [0, 0.1) is 0 Å². The number of halogens is 1. The smallest absolute Gasteiger partial charge is 0.273 e. The SMILES string of the molecule is O=C(Nc1cccc(CN2CCOCC2)c1)c1cc(-c2ccc(Br)cc2)n[nH]1. The van der Waals surface area contributed by atoms with Crippen molar-refractivity contribution in [1.29, 1.82) is 0 Å². The highest BCUT2D eigenvalue weighted by Gasteiger charge is 2.13.